The van der Waals surface area contributed by atoms with E-state index in [-0.39, 0.29) is 17.2 Å². The molecule has 1 N–H and O–H groups in total. The predicted octanol–water partition coefficient (Wildman–Crippen LogP) is 3.17. The lowest BCUT2D eigenvalue weighted by Gasteiger charge is -2.25. The van der Waals surface area contributed by atoms with Crippen LogP contribution in [0.5, 0.6) is 0 Å². The van der Waals surface area contributed by atoms with Crippen molar-refractivity contribution in [1.82, 2.24) is 13.5 Å². The zero-order chi connectivity index (χ0) is 22.1. The summed E-state index contributed by atoms with van der Waals surface area (Å²) in [4.78, 5) is 15.3. The molecule has 1 aliphatic rings. The van der Waals surface area contributed by atoms with Crippen molar-refractivity contribution >= 4 is 44.4 Å². The van der Waals surface area contributed by atoms with Gasteiger partial charge in [0.05, 0.1) is 11.7 Å². The molecule has 0 saturated carbocycles. The molecule has 4 aromatic rings. The van der Waals surface area contributed by atoms with E-state index in [1.165, 1.54) is 6.07 Å². The van der Waals surface area contributed by atoms with E-state index >= 15 is 0 Å². The van der Waals surface area contributed by atoms with Gasteiger partial charge in [-0.25, -0.2) is 8.42 Å². The normalized spacial score (nSPS) is 14.4. The molecule has 9 heteroatoms. The maximum atomic E-state index is 13.6. The molecule has 0 aliphatic carbocycles. The number of nitrogens with zero attached hydrogens (tertiary/aromatic N) is 3. The molecule has 1 aromatic heterocycles. The van der Waals surface area contributed by atoms with E-state index in [0.29, 0.717) is 17.6 Å². The molecular weight excluding hydrogens is 444 g/mol. The first-order valence-electron chi connectivity index (χ1n) is 10.2. The van der Waals surface area contributed by atoms with Crippen LogP contribution in [0.1, 0.15) is 11.1 Å². The second-order valence-electron chi connectivity index (χ2n) is 7.62. The molecule has 0 unspecified atom stereocenters. The number of sulfonamides is 1. The molecular formula is C23H20N4O3S2. The number of carbonyl (C=O) groups excluding carboxylic acids is 1. The molecule has 0 radical (unpaired) electrons. The van der Waals surface area contributed by atoms with E-state index in [1.54, 1.807) is 17.0 Å². The van der Waals surface area contributed by atoms with Crippen LogP contribution in [0.15, 0.2) is 77.7 Å². The van der Waals surface area contributed by atoms with Crippen LogP contribution in [-0.2, 0) is 27.7 Å². The number of amides is 1. The highest BCUT2D eigenvalue weighted by atomic mass is 32.2. The molecule has 3 aromatic carbocycles. The van der Waals surface area contributed by atoms with Gasteiger partial charge in [-0.15, -0.1) is 0 Å². The number of carbonyl (C=O) groups is 1. The van der Waals surface area contributed by atoms with Crippen LogP contribution in [-0.4, -0.2) is 35.7 Å². The van der Waals surface area contributed by atoms with E-state index in [1.807, 2.05) is 54.6 Å². The average molecular weight is 465 g/mol. The zero-order valence-corrected chi connectivity index (χ0v) is 18.6. The molecule has 162 valence electrons. The Kier molecular flexibility index (Phi) is 5.46. The molecule has 2 heterocycles. The SMILES string of the molecule is O=C([C@@H](Cc1ccccc1)NS(=O)(=O)c1cccc2nsnc12)N1CCc2ccccc21. The Hall–Kier alpha value is -3.14. The third kappa shape index (κ3) is 3.90. The Morgan fingerprint density at radius 1 is 1.00 bits per heavy atom. The first-order valence-corrected chi connectivity index (χ1v) is 12.4. The number of hydrogen-bond acceptors (Lipinski definition) is 6. The fourth-order valence-corrected chi connectivity index (χ4v) is 5.99. The van der Waals surface area contributed by atoms with Gasteiger partial charge in [-0.1, -0.05) is 54.6 Å². The maximum Gasteiger partial charge on any atom is 0.245 e. The largest absolute Gasteiger partial charge is 0.310 e. The Labute approximate surface area is 190 Å². The van der Waals surface area contributed by atoms with Crippen LogP contribution >= 0.6 is 11.7 Å². The summed E-state index contributed by atoms with van der Waals surface area (Å²) in [6.45, 7) is 0.525. The van der Waals surface area contributed by atoms with Gasteiger partial charge in [0.1, 0.15) is 22.0 Å². The van der Waals surface area contributed by atoms with E-state index in [2.05, 4.69) is 13.5 Å². The van der Waals surface area contributed by atoms with Crippen LogP contribution in [0.2, 0.25) is 0 Å². The summed E-state index contributed by atoms with van der Waals surface area (Å²) in [5.41, 5.74) is 3.61. The number of hydrogen-bond donors (Lipinski definition) is 1. The number of benzene rings is 3. The second kappa shape index (κ2) is 8.42. The average Bonchev–Trinajstić information content (AvgIpc) is 3.45. The molecule has 5 rings (SSSR count). The minimum atomic E-state index is -4.02. The summed E-state index contributed by atoms with van der Waals surface area (Å²) in [6.07, 6.45) is 0.985. The third-order valence-electron chi connectivity index (χ3n) is 5.57. The number of rotatable bonds is 6. The summed E-state index contributed by atoms with van der Waals surface area (Å²) in [6, 6.07) is 21.0. The maximum absolute atomic E-state index is 13.6. The summed E-state index contributed by atoms with van der Waals surface area (Å²) < 4.78 is 37.7. The predicted molar refractivity (Wildman–Crippen MR) is 124 cm³/mol. The van der Waals surface area contributed by atoms with E-state index in [4.69, 9.17) is 0 Å². The summed E-state index contributed by atoms with van der Waals surface area (Å²) in [5.74, 6) is -0.272. The van der Waals surface area contributed by atoms with Gasteiger partial charge in [0.25, 0.3) is 0 Å². The molecule has 1 atom stereocenters. The van der Waals surface area contributed by atoms with Crippen LogP contribution in [0.3, 0.4) is 0 Å². The summed E-state index contributed by atoms with van der Waals surface area (Å²) in [5, 5.41) is 0. The smallest absolute Gasteiger partial charge is 0.245 e. The van der Waals surface area contributed by atoms with Crippen molar-refractivity contribution in [2.24, 2.45) is 0 Å². The topological polar surface area (TPSA) is 92.3 Å². The van der Waals surface area contributed by atoms with Crippen molar-refractivity contribution in [3.05, 3.63) is 83.9 Å². The fraction of sp³-hybridized carbons (Fsp3) is 0.174. The van der Waals surface area contributed by atoms with Crippen LogP contribution in [0, 0.1) is 0 Å². The third-order valence-corrected chi connectivity index (χ3v) is 7.62. The number of para-hydroxylation sites is 1. The first-order chi connectivity index (χ1) is 15.5. The van der Waals surface area contributed by atoms with Gasteiger partial charge in [0.2, 0.25) is 15.9 Å². The van der Waals surface area contributed by atoms with Crippen molar-refractivity contribution in [3.8, 4) is 0 Å². The van der Waals surface area contributed by atoms with Crippen molar-refractivity contribution in [2.75, 3.05) is 11.4 Å². The number of fused-ring (bicyclic) bond motifs is 2. The second-order valence-corrected chi connectivity index (χ2v) is 9.83. The molecule has 32 heavy (non-hydrogen) atoms. The van der Waals surface area contributed by atoms with Crippen molar-refractivity contribution < 1.29 is 13.2 Å². The van der Waals surface area contributed by atoms with Gasteiger partial charge in [0.15, 0.2) is 0 Å². The molecule has 7 nitrogen and oxygen atoms in total. The Morgan fingerprint density at radius 3 is 2.62 bits per heavy atom. The fourth-order valence-electron chi connectivity index (χ4n) is 4.03. The van der Waals surface area contributed by atoms with Crippen LogP contribution in [0.4, 0.5) is 5.69 Å². The molecule has 1 amide bonds. The van der Waals surface area contributed by atoms with Crippen molar-refractivity contribution in [3.63, 3.8) is 0 Å². The lowest BCUT2D eigenvalue weighted by molar-refractivity contribution is -0.120. The highest BCUT2D eigenvalue weighted by Crippen LogP contribution is 2.29. The standard InChI is InChI=1S/C23H20N4O3S2/c28-23(27-14-13-17-9-4-5-11-20(17)27)19(15-16-7-2-1-3-8-16)26-32(29,30)21-12-6-10-18-22(21)25-31-24-18/h1-12,19,26H,13-15H2/t19-/m1/s1. The Balaban J connectivity index is 1.50. The van der Waals surface area contributed by atoms with Gasteiger partial charge in [-0.05, 0) is 42.2 Å². The highest BCUT2D eigenvalue weighted by Gasteiger charge is 2.34. The van der Waals surface area contributed by atoms with Gasteiger partial charge in [-0.3, -0.25) is 4.79 Å². The van der Waals surface area contributed by atoms with Crippen LogP contribution in [0.25, 0.3) is 11.0 Å². The lowest BCUT2D eigenvalue weighted by Crippen LogP contribution is -2.49. The summed E-state index contributed by atoms with van der Waals surface area (Å²) >= 11 is 0.956. The van der Waals surface area contributed by atoms with Crippen molar-refractivity contribution in [2.45, 2.75) is 23.8 Å². The number of aromatic nitrogens is 2. The van der Waals surface area contributed by atoms with E-state index < -0.39 is 16.1 Å². The van der Waals surface area contributed by atoms with E-state index in [9.17, 15) is 13.2 Å². The van der Waals surface area contributed by atoms with Gasteiger partial charge in [-0.2, -0.15) is 13.5 Å². The summed E-state index contributed by atoms with van der Waals surface area (Å²) in [7, 11) is -4.02. The Morgan fingerprint density at radius 2 is 1.78 bits per heavy atom. The minimum Gasteiger partial charge on any atom is -0.310 e. The minimum absolute atomic E-state index is 0.0245. The lowest BCUT2D eigenvalue weighted by atomic mass is 10.1. The van der Waals surface area contributed by atoms with Crippen LogP contribution < -0.4 is 9.62 Å². The molecule has 0 bridgehead atoms. The van der Waals surface area contributed by atoms with E-state index in [0.717, 1.165) is 35.0 Å². The van der Waals surface area contributed by atoms with Gasteiger partial charge < -0.3 is 4.90 Å². The Bertz CT molecular complexity index is 1390. The molecule has 0 spiro atoms. The number of nitrogens with one attached hydrogen (secondary N) is 1. The zero-order valence-electron chi connectivity index (χ0n) is 17.0. The first kappa shape index (κ1) is 20.7. The van der Waals surface area contributed by atoms with Gasteiger partial charge in [0, 0.05) is 12.2 Å². The van der Waals surface area contributed by atoms with Gasteiger partial charge >= 0.3 is 0 Å². The monoisotopic (exact) mass is 464 g/mol. The number of anilines is 1. The molecule has 0 saturated heterocycles. The van der Waals surface area contributed by atoms with Crippen molar-refractivity contribution in [1.29, 1.82) is 0 Å². The highest BCUT2D eigenvalue weighted by molar-refractivity contribution is 7.89. The molecule has 0 fully saturated rings. The quantitative estimate of drug-likeness (QED) is 0.473. The molecule has 1 aliphatic heterocycles.